The quantitative estimate of drug-likeness (QED) is 0.737. The van der Waals surface area contributed by atoms with Crippen molar-refractivity contribution in [1.82, 2.24) is 4.57 Å². The number of benzene rings is 1. The second-order valence-electron chi connectivity index (χ2n) is 3.45. The number of aromatic nitrogens is 1. The van der Waals surface area contributed by atoms with Gasteiger partial charge in [-0.15, -0.1) is 0 Å². The monoisotopic (exact) mass is 203 g/mol. The topological polar surface area (TPSA) is 61.4 Å². The maximum atomic E-state index is 9.89. The molecule has 0 spiro atoms. The van der Waals surface area contributed by atoms with Crippen LogP contribution in [0.1, 0.15) is 13.3 Å². The SMILES string of the molecule is CCCn1c(O)c(N=N)c2ccccc21. The van der Waals surface area contributed by atoms with Gasteiger partial charge in [0.05, 0.1) is 5.52 Å². The third kappa shape index (κ3) is 1.38. The lowest BCUT2D eigenvalue weighted by Crippen LogP contribution is -1.94. The van der Waals surface area contributed by atoms with Gasteiger partial charge in [0.1, 0.15) is 0 Å². The molecule has 0 bridgehead atoms. The van der Waals surface area contributed by atoms with Crippen molar-refractivity contribution >= 4 is 16.6 Å². The number of rotatable bonds is 3. The second-order valence-corrected chi connectivity index (χ2v) is 3.45. The molecule has 0 saturated heterocycles. The summed E-state index contributed by atoms with van der Waals surface area (Å²) in [5.74, 6) is 0.0908. The number of para-hydroxylation sites is 1. The van der Waals surface area contributed by atoms with E-state index in [9.17, 15) is 5.11 Å². The number of nitrogens with one attached hydrogen (secondary N) is 1. The summed E-state index contributed by atoms with van der Waals surface area (Å²) in [6.45, 7) is 2.79. The van der Waals surface area contributed by atoms with E-state index in [1.165, 1.54) is 0 Å². The minimum atomic E-state index is 0.0908. The van der Waals surface area contributed by atoms with Crippen LogP contribution in [0, 0.1) is 5.53 Å². The Morgan fingerprint density at radius 2 is 2.13 bits per heavy atom. The van der Waals surface area contributed by atoms with Crippen molar-refractivity contribution in [1.29, 1.82) is 5.53 Å². The molecular formula is C11H13N3O. The second kappa shape index (κ2) is 3.73. The molecule has 1 aromatic carbocycles. The van der Waals surface area contributed by atoms with E-state index in [1.807, 2.05) is 31.2 Å². The van der Waals surface area contributed by atoms with Gasteiger partial charge in [0, 0.05) is 11.9 Å². The van der Waals surface area contributed by atoms with Crippen LogP contribution in [-0.4, -0.2) is 9.67 Å². The molecule has 2 rings (SSSR count). The van der Waals surface area contributed by atoms with Gasteiger partial charge in [-0.1, -0.05) is 25.1 Å². The molecular weight excluding hydrogens is 190 g/mol. The van der Waals surface area contributed by atoms with Gasteiger partial charge in [-0.25, -0.2) is 5.53 Å². The van der Waals surface area contributed by atoms with E-state index < -0.39 is 0 Å². The Balaban J connectivity index is 2.78. The molecule has 0 radical (unpaired) electrons. The van der Waals surface area contributed by atoms with Crippen LogP contribution in [0.2, 0.25) is 0 Å². The number of aryl methyl sites for hydroxylation is 1. The summed E-state index contributed by atoms with van der Waals surface area (Å²) in [6, 6.07) is 7.60. The van der Waals surface area contributed by atoms with E-state index in [1.54, 1.807) is 4.57 Å². The molecule has 0 aliphatic rings. The van der Waals surface area contributed by atoms with Gasteiger partial charge in [0.15, 0.2) is 5.69 Å². The van der Waals surface area contributed by atoms with Gasteiger partial charge in [0.25, 0.3) is 0 Å². The van der Waals surface area contributed by atoms with Gasteiger partial charge in [-0.3, -0.25) is 0 Å². The first-order valence-electron chi connectivity index (χ1n) is 4.97. The van der Waals surface area contributed by atoms with Crippen LogP contribution in [-0.2, 0) is 6.54 Å². The average Bonchev–Trinajstić information content (AvgIpc) is 2.53. The summed E-state index contributed by atoms with van der Waals surface area (Å²) in [4.78, 5) is 0. The van der Waals surface area contributed by atoms with E-state index in [2.05, 4.69) is 5.11 Å². The van der Waals surface area contributed by atoms with Crippen LogP contribution in [0.4, 0.5) is 5.69 Å². The Bertz CT molecular complexity index is 502. The van der Waals surface area contributed by atoms with Crippen LogP contribution >= 0.6 is 0 Å². The van der Waals surface area contributed by atoms with Crippen molar-refractivity contribution in [3.8, 4) is 5.88 Å². The highest BCUT2D eigenvalue weighted by Gasteiger charge is 2.14. The highest BCUT2D eigenvalue weighted by atomic mass is 16.3. The number of aromatic hydroxyl groups is 1. The van der Waals surface area contributed by atoms with Crippen molar-refractivity contribution < 1.29 is 5.11 Å². The van der Waals surface area contributed by atoms with E-state index in [0.29, 0.717) is 5.69 Å². The lowest BCUT2D eigenvalue weighted by molar-refractivity contribution is 0.421. The predicted octanol–water partition coefficient (Wildman–Crippen LogP) is 3.42. The summed E-state index contributed by atoms with van der Waals surface area (Å²) in [7, 11) is 0. The van der Waals surface area contributed by atoms with Crippen LogP contribution in [0.25, 0.3) is 10.9 Å². The molecule has 0 aliphatic heterocycles. The molecule has 0 unspecified atom stereocenters. The minimum absolute atomic E-state index is 0.0908. The molecule has 15 heavy (non-hydrogen) atoms. The van der Waals surface area contributed by atoms with Gasteiger partial charge in [-0.05, 0) is 12.5 Å². The standard InChI is InChI=1S/C11H13N3O/c1-2-7-14-9-6-4-3-5-8(9)10(13-12)11(14)15/h3-6,12,15H,2,7H2,1H3. The zero-order chi connectivity index (χ0) is 10.8. The normalized spacial score (nSPS) is 10.7. The Kier molecular flexibility index (Phi) is 2.41. The van der Waals surface area contributed by atoms with Crippen molar-refractivity contribution in [2.24, 2.45) is 5.11 Å². The van der Waals surface area contributed by atoms with Crippen molar-refractivity contribution in [3.63, 3.8) is 0 Å². The number of hydrogen-bond donors (Lipinski definition) is 2. The molecule has 0 fully saturated rings. The molecule has 0 aliphatic carbocycles. The summed E-state index contributed by atoms with van der Waals surface area (Å²) in [5.41, 5.74) is 8.36. The maximum Gasteiger partial charge on any atom is 0.220 e. The average molecular weight is 203 g/mol. The Labute approximate surface area is 87.7 Å². The molecule has 1 heterocycles. The Hall–Kier alpha value is -1.84. The fourth-order valence-corrected chi connectivity index (χ4v) is 1.83. The summed E-state index contributed by atoms with van der Waals surface area (Å²) >= 11 is 0. The van der Waals surface area contributed by atoms with Gasteiger partial charge < -0.3 is 9.67 Å². The zero-order valence-electron chi connectivity index (χ0n) is 8.57. The smallest absolute Gasteiger partial charge is 0.220 e. The number of hydrogen-bond acceptors (Lipinski definition) is 3. The van der Waals surface area contributed by atoms with Crippen LogP contribution in [0.15, 0.2) is 29.4 Å². The first-order valence-corrected chi connectivity index (χ1v) is 4.97. The Morgan fingerprint density at radius 3 is 2.80 bits per heavy atom. The number of fused-ring (bicyclic) bond motifs is 1. The van der Waals surface area contributed by atoms with Crippen LogP contribution in [0.5, 0.6) is 5.88 Å². The lowest BCUT2D eigenvalue weighted by Gasteiger charge is -2.03. The first-order chi connectivity index (χ1) is 7.29. The molecule has 78 valence electrons. The fraction of sp³-hybridized carbons (Fsp3) is 0.273. The van der Waals surface area contributed by atoms with E-state index in [-0.39, 0.29) is 5.88 Å². The molecule has 4 heteroatoms. The molecule has 0 amide bonds. The fourth-order valence-electron chi connectivity index (χ4n) is 1.83. The van der Waals surface area contributed by atoms with E-state index >= 15 is 0 Å². The Morgan fingerprint density at radius 1 is 1.40 bits per heavy atom. The van der Waals surface area contributed by atoms with Gasteiger partial charge >= 0.3 is 0 Å². The van der Waals surface area contributed by atoms with Gasteiger partial charge in [0.2, 0.25) is 5.88 Å². The van der Waals surface area contributed by atoms with Crippen molar-refractivity contribution in [2.75, 3.05) is 0 Å². The van der Waals surface area contributed by atoms with Crippen molar-refractivity contribution in [2.45, 2.75) is 19.9 Å². The summed E-state index contributed by atoms with van der Waals surface area (Å²) in [5, 5.41) is 14.1. The predicted molar refractivity (Wildman–Crippen MR) is 58.7 cm³/mol. The highest BCUT2D eigenvalue weighted by molar-refractivity contribution is 5.94. The minimum Gasteiger partial charge on any atom is -0.493 e. The van der Waals surface area contributed by atoms with Crippen molar-refractivity contribution in [3.05, 3.63) is 24.3 Å². The molecule has 0 atom stereocenters. The van der Waals surface area contributed by atoms with Crippen LogP contribution < -0.4 is 0 Å². The third-order valence-electron chi connectivity index (χ3n) is 2.48. The zero-order valence-corrected chi connectivity index (χ0v) is 8.57. The maximum absolute atomic E-state index is 9.89. The largest absolute Gasteiger partial charge is 0.493 e. The first kappa shape index (κ1) is 9.71. The molecule has 4 nitrogen and oxygen atoms in total. The van der Waals surface area contributed by atoms with Crippen LogP contribution in [0.3, 0.4) is 0 Å². The number of nitrogens with zero attached hydrogens (tertiary/aromatic N) is 2. The lowest BCUT2D eigenvalue weighted by atomic mass is 10.2. The van der Waals surface area contributed by atoms with E-state index in [0.717, 1.165) is 23.9 Å². The highest BCUT2D eigenvalue weighted by Crippen LogP contribution is 2.38. The molecule has 2 aromatic rings. The summed E-state index contributed by atoms with van der Waals surface area (Å²) in [6.07, 6.45) is 0.934. The molecule has 1 aromatic heterocycles. The van der Waals surface area contributed by atoms with E-state index in [4.69, 9.17) is 5.53 Å². The van der Waals surface area contributed by atoms with Gasteiger partial charge in [-0.2, -0.15) is 5.11 Å². The third-order valence-corrected chi connectivity index (χ3v) is 2.48. The molecule has 0 saturated carbocycles. The molecule has 2 N–H and O–H groups in total. The summed E-state index contributed by atoms with van der Waals surface area (Å²) < 4.78 is 1.79.